The minimum atomic E-state index is -1.08. The molecule has 0 atom stereocenters. The molecular formula is C38H34FeO4P2Pd+2. The fourth-order valence-corrected chi connectivity index (χ4v) is 8.84. The molecule has 0 unspecified atom stereocenters. The van der Waals surface area contributed by atoms with Gasteiger partial charge in [-0.25, -0.2) is 0 Å². The predicted molar refractivity (Wildman–Crippen MR) is 180 cm³/mol. The van der Waals surface area contributed by atoms with Crippen LogP contribution in [0, 0.1) is 62.7 Å². The molecule has 10 radical (unpaired) electrons. The van der Waals surface area contributed by atoms with Crippen LogP contribution in [0.15, 0.2) is 121 Å². The average Bonchev–Trinajstić information content (AvgIpc) is 3.75. The van der Waals surface area contributed by atoms with Gasteiger partial charge in [-0.2, -0.15) is 0 Å². The van der Waals surface area contributed by atoms with Crippen LogP contribution in [-0.4, -0.2) is 11.9 Å². The quantitative estimate of drug-likeness (QED) is 0.214. The molecule has 4 nitrogen and oxygen atoms in total. The number of hydrogen-bond donors (Lipinski definition) is 0. The summed E-state index contributed by atoms with van der Waals surface area (Å²) in [7, 11) is -0.818. The van der Waals surface area contributed by atoms with Crippen molar-refractivity contribution < 1.29 is 57.3 Å². The van der Waals surface area contributed by atoms with Gasteiger partial charge in [-0.05, 0) is 102 Å². The van der Waals surface area contributed by atoms with E-state index < -0.39 is 27.8 Å². The molecule has 236 valence electrons. The zero-order chi connectivity index (χ0) is 31.6. The summed E-state index contributed by atoms with van der Waals surface area (Å²) in [6.07, 6.45) is 17.4. The van der Waals surface area contributed by atoms with E-state index in [-0.39, 0.29) is 37.5 Å². The Balaban J connectivity index is 0.000000361. The third-order valence-corrected chi connectivity index (χ3v) is 10.8. The van der Waals surface area contributed by atoms with Crippen molar-refractivity contribution in [3.63, 3.8) is 0 Å². The summed E-state index contributed by atoms with van der Waals surface area (Å²) in [5.74, 6) is -2.17. The number of carboxylic acid groups (broad SMARTS) is 2. The third kappa shape index (κ3) is 15.2. The van der Waals surface area contributed by atoms with Crippen LogP contribution in [0.1, 0.15) is 13.8 Å². The summed E-state index contributed by atoms with van der Waals surface area (Å²) < 4.78 is 0. The Hall–Kier alpha value is -2.14. The Morgan fingerprint density at radius 3 is 0.783 bits per heavy atom. The molecule has 0 aromatic heterocycles. The van der Waals surface area contributed by atoms with Crippen molar-refractivity contribution in [2.75, 3.05) is 0 Å². The van der Waals surface area contributed by atoms with E-state index in [1.807, 2.05) is 0 Å². The van der Waals surface area contributed by atoms with Crippen LogP contribution >= 0.6 is 15.8 Å². The van der Waals surface area contributed by atoms with Crippen molar-refractivity contribution >= 4 is 49.0 Å². The van der Waals surface area contributed by atoms with E-state index in [9.17, 15) is 0 Å². The van der Waals surface area contributed by atoms with Gasteiger partial charge in [0.05, 0.1) is 0 Å². The largest absolute Gasteiger partial charge is 2.00 e. The second kappa shape index (κ2) is 24.1. The van der Waals surface area contributed by atoms with Gasteiger partial charge < -0.3 is 19.8 Å². The van der Waals surface area contributed by atoms with E-state index in [0.717, 1.165) is 13.8 Å². The standard InChI is InChI=1S/2C17H14P.2C2H4O2.Fe.Pd/c2*1-3-9-15(10-4-1)18(17-13-7-8-14-17)16-11-5-2-6-12-16;2*1-2(3)4;;/h2*1-14H;2*1H3,(H,3,4);;/q;;;;2*+2/p-2. The van der Waals surface area contributed by atoms with Gasteiger partial charge in [0.1, 0.15) is 0 Å². The van der Waals surface area contributed by atoms with Gasteiger partial charge in [-0.1, -0.05) is 121 Å². The smallest absolute Gasteiger partial charge is 0.550 e. The Labute approximate surface area is 302 Å². The minimum Gasteiger partial charge on any atom is -0.550 e. The Morgan fingerprint density at radius 1 is 0.435 bits per heavy atom. The van der Waals surface area contributed by atoms with Crippen LogP contribution < -0.4 is 31.4 Å². The van der Waals surface area contributed by atoms with E-state index in [0.29, 0.717) is 0 Å². The van der Waals surface area contributed by atoms with Crippen molar-refractivity contribution in [1.29, 1.82) is 0 Å². The maximum absolute atomic E-state index is 8.89. The SMILES string of the molecule is CC(=O)[O-].CC(=O)[O-].[CH]1[CH][CH][C](P(c2ccccc2)c2ccccc2)[CH]1.[CH]1[CH][CH][C](P(c2ccccc2)c2ccccc2)[CH]1.[Fe+2].[Pd+2]. The summed E-state index contributed by atoms with van der Waals surface area (Å²) in [4.78, 5) is 17.8. The number of carboxylic acids is 2. The molecule has 0 aliphatic heterocycles. The second-order valence-corrected chi connectivity index (χ2v) is 13.7. The third-order valence-electron chi connectivity index (χ3n) is 5.86. The first kappa shape index (κ1) is 41.9. The summed E-state index contributed by atoms with van der Waals surface area (Å²) in [5, 5.41) is 23.4. The Bertz CT molecular complexity index is 1160. The fraction of sp³-hybridized carbons (Fsp3) is 0.0526. The van der Waals surface area contributed by atoms with Crippen LogP contribution in [0.5, 0.6) is 0 Å². The molecule has 4 aromatic carbocycles. The van der Waals surface area contributed by atoms with Crippen molar-refractivity contribution in [1.82, 2.24) is 0 Å². The van der Waals surface area contributed by atoms with E-state index in [4.69, 9.17) is 19.8 Å². The molecule has 2 fully saturated rings. The minimum absolute atomic E-state index is 0. The molecule has 6 rings (SSSR count). The molecule has 0 bridgehead atoms. The molecular weight excluding hydrogens is 745 g/mol. The summed E-state index contributed by atoms with van der Waals surface area (Å²) in [6, 6.07) is 43.1. The van der Waals surface area contributed by atoms with Gasteiger partial charge in [0.15, 0.2) is 0 Å². The van der Waals surface area contributed by atoms with Gasteiger partial charge in [-0.3, -0.25) is 0 Å². The molecule has 2 saturated carbocycles. The Morgan fingerprint density at radius 2 is 0.609 bits per heavy atom. The van der Waals surface area contributed by atoms with Gasteiger partial charge in [0.25, 0.3) is 0 Å². The summed E-state index contributed by atoms with van der Waals surface area (Å²) >= 11 is 0. The van der Waals surface area contributed by atoms with Gasteiger partial charge in [-0.15, -0.1) is 0 Å². The van der Waals surface area contributed by atoms with E-state index in [2.05, 4.69) is 173 Å². The van der Waals surface area contributed by atoms with Gasteiger partial charge >= 0.3 is 37.5 Å². The van der Waals surface area contributed by atoms with Crippen LogP contribution in [0.25, 0.3) is 0 Å². The molecule has 2 aliphatic carbocycles. The predicted octanol–water partition coefficient (Wildman–Crippen LogP) is 4.47. The number of rotatable bonds is 6. The summed E-state index contributed by atoms with van der Waals surface area (Å²) in [5.41, 5.74) is 2.84. The molecule has 8 heteroatoms. The van der Waals surface area contributed by atoms with Crippen LogP contribution in [0.4, 0.5) is 0 Å². The monoisotopic (exact) mass is 778 g/mol. The molecule has 0 saturated heterocycles. The zero-order valence-corrected chi connectivity index (χ0v) is 29.8. The Kier molecular flexibility index (Phi) is 21.9. The second-order valence-electron chi connectivity index (χ2n) is 9.28. The van der Waals surface area contributed by atoms with Crippen LogP contribution in [0.2, 0.25) is 0 Å². The van der Waals surface area contributed by atoms with Crippen molar-refractivity contribution in [3.05, 3.63) is 184 Å². The normalized spacial score (nSPS) is 13.8. The van der Waals surface area contributed by atoms with Crippen LogP contribution in [0.3, 0.4) is 0 Å². The molecule has 0 heterocycles. The maximum Gasteiger partial charge on any atom is 2.00 e. The van der Waals surface area contributed by atoms with Gasteiger partial charge in [0.2, 0.25) is 0 Å². The molecule has 4 aromatic rings. The average molecular weight is 779 g/mol. The molecule has 0 N–H and O–H groups in total. The number of carbonyl (C=O) groups is 2. The van der Waals surface area contributed by atoms with Gasteiger partial charge in [0, 0.05) is 23.3 Å². The molecule has 0 spiro atoms. The molecule has 2 aliphatic rings. The van der Waals surface area contributed by atoms with Crippen molar-refractivity contribution in [3.8, 4) is 0 Å². The first-order chi connectivity index (χ1) is 21.4. The summed E-state index contributed by atoms with van der Waals surface area (Å²) in [6.45, 7) is 1.94. The topological polar surface area (TPSA) is 80.3 Å². The molecule has 46 heavy (non-hydrogen) atoms. The first-order valence-electron chi connectivity index (χ1n) is 14.0. The number of aliphatic carboxylic acids is 2. The number of carbonyl (C=O) groups excluding carboxylic acids is 2. The van der Waals surface area contributed by atoms with Crippen LogP contribution in [-0.2, 0) is 47.1 Å². The van der Waals surface area contributed by atoms with E-state index in [1.54, 1.807) is 0 Å². The molecule has 0 amide bonds. The van der Waals surface area contributed by atoms with Crippen molar-refractivity contribution in [2.24, 2.45) is 0 Å². The maximum atomic E-state index is 8.89. The first-order valence-corrected chi connectivity index (χ1v) is 16.6. The van der Waals surface area contributed by atoms with E-state index >= 15 is 0 Å². The fourth-order valence-electron chi connectivity index (χ4n) is 4.23. The zero-order valence-electron chi connectivity index (χ0n) is 25.4. The van der Waals surface area contributed by atoms with Crippen molar-refractivity contribution in [2.45, 2.75) is 13.8 Å². The number of benzene rings is 4. The van der Waals surface area contributed by atoms with E-state index in [1.165, 1.54) is 32.5 Å². The number of hydrogen-bond acceptors (Lipinski definition) is 4.